The lowest BCUT2D eigenvalue weighted by Gasteiger charge is -2.29. The highest BCUT2D eigenvalue weighted by Crippen LogP contribution is 2.52. The Morgan fingerprint density at radius 1 is 0.328 bits per heavy atom. The normalized spacial score (nSPS) is 12.3. The van der Waals surface area contributed by atoms with Crippen LogP contribution in [0.25, 0.3) is 54.6 Å². The Hall–Kier alpha value is -7.19. The summed E-state index contributed by atoms with van der Waals surface area (Å²) in [6, 6.07) is 72.1. The van der Waals surface area contributed by atoms with E-state index >= 15 is 0 Å². The number of rotatable bonds is 9. The summed E-state index contributed by atoms with van der Waals surface area (Å²) in [7, 11) is -2.91. The molecule has 5 heteroatoms. The summed E-state index contributed by atoms with van der Waals surface area (Å²) in [4.78, 5) is 4.71. The second kappa shape index (κ2) is 16.3. The van der Waals surface area contributed by atoms with E-state index in [4.69, 9.17) is 4.74 Å². The number of hydrogen-bond acceptors (Lipinski definition) is 3. The Bertz CT molecular complexity index is 3500. The van der Waals surface area contributed by atoms with E-state index in [1.807, 2.05) is 0 Å². The first-order chi connectivity index (χ1) is 32.3. The minimum absolute atomic E-state index is 0.865. The molecule has 1 heterocycles. The average Bonchev–Trinajstić information content (AvgIpc) is 3.32. The van der Waals surface area contributed by atoms with Gasteiger partial charge in [-0.1, -0.05) is 152 Å². The second-order valence-corrected chi connectivity index (χ2v) is 30.6. The molecule has 0 bridgehead atoms. The van der Waals surface area contributed by atoms with Gasteiger partial charge in [0, 0.05) is 51.1 Å². The average molecular weight is 901 g/mol. The molecule has 10 aromatic rings. The van der Waals surface area contributed by atoms with Gasteiger partial charge in [-0.2, -0.15) is 0 Å². The molecule has 0 radical (unpaired) electrons. The molecule has 0 saturated carbocycles. The molecule has 0 unspecified atom stereocenters. The van der Waals surface area contributed by atoms with Crippen LogP contribution in [0.3, 0.4) is 0 Å². The largest absolute Gasteiger partial charge is 0.456 e. The molecule has 0 saturated heterocycles. The molecule has 0 amide bonds. The molecule has 0 spiro atoms. The summed E-state index contributed by atoms with van der Waals surface area (Å²) < 4.78 is 7.03. The Labute approximate surface area is 397 Å². The lowest BCUT2D eigenvalue weighted by atomic mass is 9.85. The first-order valence-electron chi connectivity index (χ1n) is 23.6. The fraction of sp³-hybridized carbons (Fsp3) is 0.129. The third-order valence-electron chi connectivity index (χ3n) is 13.6. The van der Waals surface area contributed by atoms with E-state index in [9.17, 15) is 0 Å². The van der Waals surface area contributed by atoms with Crippen molar-refractivity contribution in [1.29, 1.82) is 0 Å². The van der Waals surface area contributed by atoms with Crippen LogP contribution < -0.4 is 24.9 Å². The van der Waals surface area contributed by atoms with Crippen molar-refractivity contribution in [3.05, 3.63) is 205 Å². The van der Waals surface area contributed by atoms with Crippen LogP contribution >= 0.6 is 0 Å². The Morgan fingerprint density at radius 3 is 1.36 bits per heavy atom. The van der Waals surface area contributed by atoms with Crippen LogP contribution in [0.1, 0.15) is 11.1 Å². The van der Waals surface area contributed by atoms with Crippen molar-refractivity contribution >= 4 is 93.0 Å². The SMILES string of the molecule is Cc1ccc2c(-c3ccc(N(c4ccccc4)c4ccc([Si](C)(C)C)cc4)cc3)cc3c4cc(C)cc5c4c(cc3c2c1)-c1ccc(N(c2ccccc2)c2ccc([Si](C)(C)C)cc2)cc1O5. The molecule has 0 aromatic heterocycles. The highest BCUT2D eigenvalue weighted by Gasteiger charge is 2.26. The van der Waals surface area contributed by atoms with Gasteiger partial charge in [0.1, 0.15) is 11.5 Å². The number of benzene rings is 10. The van der Waals surface area contributed by atoms with Crippen LogP contribution in [0.2, 0.25) is 39.3 Å². The molecule has 1 aliphatic rings. The Morgan fingerprint density at radius 2 is 0.791 bits per heavy atom. The number of fused-ring (bicyclic) bond motifs is 6. The molecule has 0 fully saturated rings. The van der Waals surface area contributed by atoms with E-state index in [0.29, 0.717) is 0 Å². The lowest BCUT2D eigenvalue weighted by Crippen LogP contribution is -2.37. The van der Waals surface area contributed by atoms with Crippen LogP contribution in [-0.2, 0) is 0 Å². The van der Waals surface area contributed by atoms with Crippen molar-refractivity contribution < 1.29 is 4.74 Å². The summed E-state index contributed by atoms with van der Waals surface area (Å²) in [6.07, 6.45) is 0. The summed E-state index contributed by atoms with van der Waals surface area (Å²) in [5.41, 5.74) is 13.8. The highest BCUT2D eigenvalue weighted by molar-refractivity contribution is 6.89. The molecule has 0 aliphatic carbocycles. The molecule has 0 N–H and O–H groups in total. The minimum atomic E-state index is -1.46. The van der Waals surface area contributed by atoms with Crippen molar-refractivity contribution in [2.24, 2.45) is 0 Å². The fourth-order valence-corrected chi connectivity index (χ4v) is 12.4. The van der Waals surface area contributed by atoms with Crippen molar-refractivity contribution in [2.75, 3.05) is 9.80 Å². The van der Waals surface area contributed by atoms with E-state index in [2.05, 4.69) is 257 Å². The zero-order valence-electron chi connectivity index (χ0n) is 39.8. The Kier molecular flexibility index (Phi) is 10.3. The maximum absolute atomic E-state index is 7.03. The highest BCUT2D eigenvalue weighted by atomic mass is 28.3. The van der Waals surface area contributed by atoms with E-state index in [-0.39, 0.29) is 0 Å². The van der Waals surface area contributed by atoms with Crippen LogP contribution in [0, 0.1) is 13.8 Å². The van der Waals surface area contributed by atoms with Gasteiger partial charge in [0.2, 0.25) is 0 Å². The molecule has 3 nitrogen and oxygen atoms in total. The van der Waals surface area contributed by atoms with Crippen molar-refractivity contribution in [3.8, 4) is 33.8 Å². The van der Waals surface area contributed by atoms with E-state index in [0.717, 1.165) is 56.6 Å². The van der Waals surface area contributed by atoms with Gasteiger partial charge >= 0.3 is 0 Å². The molecule has 10 aromatic carbocycles. The lowest BCUT2D eigenvalue weighted by molar-refractivity contribution is 0.487. The van der Waals surface area contributed by atoms with Gasteiger partial charge in [-0.3, -0.25) is 0 Å². The van der Waals surface area contributed by atoms with E-state index in [1.165, 1.54) is 65.1 Å². The van der Waals surface area contributed by atoms with E-state index < -0.39 is 16.1 Å². The number of para-hydroxylation sites is 2. The molecular formula is C62H56N2OSi2. The number of aryl methyl sites for hydroxylation is 2. The van der Waals surface area contributed by atoms with Gasteiger partial charge in [-0.15, -0.1) is 0 Å². The monoisotopic (exact) mass is 900 g/mol. The minimum Gasteiger partial charge on any atom is -0.456 e. The van der Waals surface area contributed by atoms with Gasteiger partial charge in [0.05, 0.1) is 16.1 Å². The van der Waals surface area contributed by atoms with Crippen molar-refractivity contribution in [2.45, 2.75) is 53.1 Å². The first-order valence-corrected chi connectivity index (χ1v) is 30.6. The topological polar surface area (TPSA) is 15.7 Å². The van der Waals surface area contributed by atoms with Gasteiger partial charge < -0.3 is 14.5 Å². The smallest absolute Gasteiger partial charge is 0.137 e. The molecule has 0 atom stereocenters. The van der Waals surface area contributed by atoms with E-state index in [1.54, 1.807) is 0 Å². The molecule has 1 aliphatic heterocycles. The van der Waals surface area contributed by atoms with Gasteiger partial charge in [0.25, 0.3) is 0 Å². The predicted molar refractivity (Wildman–Crippen MR) is 295 cm³/mol. The van der Waals surface area contributed by atoms with Crippen LogP contribution in [-0.4, -0.2) is 16.1 Å². The number of anilines is 6. The number of hydrogen-bond donors (Lipinski definition) is 0. The van der Waals surface area contributed by atoms with Crippen LogP contribution in [0.15, 0.2) is 194 Å². The van der Waals surface area contributed by atoms with Crippen molar-refractivity contribution in [3.63, 3.8) is 0 Å². The zero-order valence-corrected chi connectivity index (χ0v) is 41.8. The standard InChI is InChI=1S/C62H56N2OSi2/c1-41-19-33-52-54(43-20-22-46(23-21-43)63(44-15-11-9-12-16-44)47-24-29-50(30-25-47)66(3,4)5)39-57-56(55(52)35-41)40-59-53-34-28-49(38-60(53)65-61-37-42(2)36-58(57)62(59)61)64(45-17-13-10-14-18-45)48-26-31-51(32-27-48)67(6,7)8/h9-40H,1-8H3. The summed E-state index contributed by atoms with van der Waals surface area (Å²) in [6.45, 7) is 18.8. The van der Waals surface area contributed by atoms with Gasteiger partial charge in [0.15, 0.2) is 0 Å². The molecular weight excluding hydrogens is 845 g/mol. The predicted octanol–water partition coefficient (Wildman–Crippen LogP) is 17.2. The summed E-state index contributed by atoms with van der Waals surface area (Å²) in [5, 5.41) is 10.3. The molecule has 67 heavy (non-hydrogen) atoms. The maximum atomic E-state index is 7.03. The number of nitrogens with zero attached hydrogens (tertiary/aromatic N) is 2. The summed E-state index contributed by atoms with van der Waals surface area (Å²) >= 11 is 0. The second-order valence-electron chi connectivity index (χ2n) is 20.4. The van der Waals surface area contributed by atoms with Gasteiger partial charge in [-0.25, -0.2) is 0 Å². The zero-order chi connectivity index (χ0) is 46.2. The van der Waals surface area contributed by atoms with Crippen LogP contribution in [0.4, 0.5) is 34.1 Å². The number of ether oxygens (including phenoxy) is 1. The summed E-state index contributed by atoms with van der Waals surface area (Å²) in [5.74, 6) is 1.76. The molecule has 328 valence electrons. The van der Waals surface area contributed by atoms with Gasteiger partial charge in [-0.05, 0) is 154 Å². The fourth-order valence-electron chi connectivity index (χ4n) is 10.1. The maximum Gasteiger partial charge on any atom is 0.137 e. The quantitative estimate of drug-likeness (QED) is 0.106. The first kappa shape index (κ1) is 42.4. The van der Waals surface area contributed by atoms with Crippen molar-refractivity contribution in [1.82, 2.24) is 0 Å². The third-order valence-corrected chi connectivity index (χ3v) is 17.7. The van der Waals surface area contributed by atoms with Crippen LogP contribution in [0.5, 0.6) is 11.5 Å². The Balaban J connectivity index is 1.04. The molecule has 11 rings (SSSR count). The third kappa shape index (κ3) is 7.72.